The van der Waals surface area contributed by atoms with Crippen LogP contribution in [0.2, 0.25) is 0 Å². The van der Waals surface area contributed by atoms with Crippen molar-refractivity contribution in [1.29, 1.82) is 0 Å². The lowest BCUT2D eigenvalue weighted by Gasteiger charge is -2.19. The number of rotatable bonds is 65. The van der Waals surface area contributed by atoms with Gasteiger partial charge in [-0.1, -0.05) is 331 Å². The minimum atomic E-state index is -4.39. The summed E-state index contributed by atoms with van der Waals surface area (Å²) in [5.41, 5.74) is 5.40. The molecule has 0 aromatic carbocycles. The van der Waals surface area contributed by atoms with Gasteiger partial charge >= 0.3 is 19.8 Å². The molecule has 0 rings (SSSR count). The van der Waals surface area contributed by atoms with E-state index in [1.54, 1.807) is 0 Å². The number of nitrogens with two attached hydrogens (primary N) is 1. The van der Waals surface area contributed by atoms with E-state index in [-0.39, 0.29) is 38.6 Å². The van der Waals surface area contributed by atoms with E-state index < -0.39 is 26.5 Å². The number of carbonyl (C=O) groups is 2. The Bertz CT molecular complexity index is 1490. The maximum atomic E-state index is 12.8. The van der Waals surface area contributed by atoms with Crippen molar-refractivity contribution in [2.75, 3.05) is 26.4 Å². The van der Waals surface area contributed by atoms with E-state index in [4.69, 9.17) is 24.3 Å². The first-order chi connectivity index (χ1) is 39.3. The Morgan fingerprint density at radius 2 is 0.688 bits per heavy atom. The molecule has 0 spiro atoms. The number of carbonyl (C=O) groups excluding carboxylic acids is 2. The van der Waals surface area contributed by atoms with Crippen LogP contribution in [-0.2, 0) is 32.7 Å². The fourth-order valence-electron chi connectivity index (χ4n) is 10.1. The summed E-state index contributed by atoms with van der Waals surface area (Å²) in [7, 11) is -4.39. The van der Waals surface area contributed by atoms with Gasteiger partial charge in [0.2, 0.25) is 0 Å². The molecule has 80 heavy (non-hydrogen) atoms. The largest absolute Gasteiger partial charge is 0.472 e. The molecule has 0 radical (unpaired) electrons. The van der Waals surface area contributed by atoms with Gasteiger partial charge in [-0.15, -0.1) is 0 Å². The molecule has 0 aliphatic heterocycles. The van der Waals surface area contributed by atoms with Gasteiger partial charge in [-0.3, -0.25) is 18.6 Å². The number of hydrogen-bond acceptors (Lipinski definition) is 8. The molecule has 0 saturated carbocycles. The predicted molar refractivity (Wildman–Crippen MR) is 344 cm³/mol. The molecule has 3 N–H and O–H groups in total. The van der Waals surface area contributed by atoms with Crippen LogP contribution in [0.4, 0.5) is 0 Å². The minimum Gasteiger partial charge on any atom is -0.462 e. The predicted octanol–water partition coefficient (Wildman–Crippen LogP) is 22.2. The molecule has 10 heteroatoms. The summed E-state index contributed by atoms with van der Waals surface area (Å²) in [5.74, 6) is -0.807. The average molecular weight is 1140 g/mol. The van der Waals surface area contributed by atoms with Crippen molar-refractivity contribution in [3.05, 3.63) is 60.8 Å². The highest BCUT2D eigenvalue weighted by molar-refractivity contribution is 7.47. The molecule has 0 heterocycles. The summed E-state index contributed by atoms with van der Waals surface area (Å²) >= 11 is 0. The number of phosphoric ester groups is 1. The second kappa shape index (κ2) is 65.9. The fraction of sp³-hybridized carbons (Fsp3) is 0.829. The summed E-state index contributed by atoms with van der Waals surface area (Å²) in [4.78, 5) is 35.3. The van der Waals surface area contributed by atoms with Crippen LogP contribution < -0.4 is 5.73 Å². The number of hydrogen-bond donors (Lipinski definition) is 2. The molecule has 0 aliphatic rings. The van der Waals surface area contributed by atoms with Crippen LogP contribution in [0.1, 0.15) is 341 Å². The summed E-state index contributed by atoms with van der Waals surface area (Å²) < 4.78 is 33.2. The van der Waals surface area contributed by atoms with Crippen molar-refractivity contribution in [2.45, 2.75) is 347 Å². The van der Waals surface area contributed by atoms with Crippen LogP contribution in [0.3, 0.4) is 0 Å². The van der Waals surface area contributed by atoms with E-state index in [0.29, 0.717) is 6.42 Å². The molecular formula is C70H130NO8P. The number of phosphoric acid groups is 1. The number of unbranched alkanes of at least 4 members (excludes halogenated alkanes) is 42. The highest BCUT2D eigenvalue weighted by atomic mass is 31.2. The SMILES string of the molecule is CC/C=C\C/C=C\C/C=C\C/C=C\C/C=C\CCCCCCCCCCCCCCCCCCCCCC(=O)OC(COC(=O)CCCCCCCCCCCCCCCCCCCCCCCCCC)COP(=O)(O)OCCN. The van der Waals surface area contributed by atoms with Crippen molar-refractivity contribution in [2.24, 2.45) is 5.73 Å². The summed E-state index contributed by atoms with van der Waals surface area (Å²) in [5, 5.41) is 0. The summed E-state index contributed by atoms with van der Waals surface area (Å²) in [6.07, 6.45) is 84.6. The lowest BCUT2D eigenvalue weighted by Crippen LogP contribution is -2.29. The molecule has 0 saturated heterocycles. The smallest absolute Gasteiger partial charge is 0.462 e. The van der Waals surface area contributed by atoms with Gasteiger partial charge in [-0.2, -0.15) is 0 Å². The second-order valence-corrected chi connectivity index (χ2v) is 24.5. The maximum Gasteiger partial charge on any atom is 0.472 e. The topological polar surface area (TPSA) is 134 Å². The molecule has 0 bridgehead atoms. The molecule has 9 nitrogen and oxygen atoms in total. The molecule has 2 unspecified atom stereocenters. The van der Waals surface area contributed by atoms with Crippen LogP contribution in [0, 0.1) is 0 Å². The third-order valence-corrected chi connectivity index (χ3v) is 16.2. The maximum absolute atomic E-state index is 12.8. The number of esters is 2. The third kappa shape index (κ3) is 64.9. The van der Waals surface area contributed by atoms with Gasteiger partial charge in [0.15, 0.2) is 6.10 Å². The van der Waals surface area contributed by atoms with Gasteiger partial charge in [0.25, 0.3) is 0 Å². The quantitative estimate of drug-likeness (QED) is 0.0264. The zero-order valence-corrected chi connectivity index (χ0v) is 53.5. The second-order valence-electron chi connectivity index (χ2n) is 23.0. The molecule has 0 fully saturated rings. The van der Waals surface area contributed by atoms with Crippen molar-refractivity contribution in [3.8, 4) is 0 Å². The Labute approximate surface area is 495 Å². The molecule has 0 aromatic heterocycles. The first-order valence-electron chi connectivity index (χ1n) is 34.3. The van der Waals surface area contributed by atoms with E-state index in [1.807, 2.05) is 0 Å². The number of ether oxygens (including phenoxy) is 2. The van der Waals surface area contributed by atoms with Gasteiger partial charge in [0.05, 0.1) is 13.2 Å². The minimum absolute atomic E-state index is 0.0551. The van der Waals surface area contributed by atoms with Gasteiger partial charge in [0.1, 0.15) is 6.61 Å². The van der Waals surface area contributed by atoms with E-state index in [0.717, 1.165) is 64.2 Å². The standard InChI is InChI=1S/C70H130NO8P/c1-3-5-7-9-11-13-15-17-19-21-23-25-27-29-30-31-32-33-34-35-36-37-38-39-41-43-45-47-49-51-53-55-57-59-61-63-70(73)79-68(67-78-80(74,75)77-65-64-71)66-76-69(72)62-60-58-56-54-52-50-48-46-44-42-40-28-26-24-22-20-18-16-14-12-10-8-6-4-2/h5,7,11,13,17,19,23,25,29-30,68H,3-4,6,8-10,12,14-16,18,20-22,24,26-28,31-67,71H2,1-2H3,(H,74,75)/b7-5-,13-11-,19-17-,25-23-,30-29-. The van der Waals surface area contributed by atoms with Crippen molar-refractivity contribution >= 4 is 19.8 Å². The van der Waals surface area contributed by atoms with Crippen molar-refractivity contribution in [1.82, 2.24) is 0 Å². The molecule has 2 atom stereocenters. The number of allylic oxidation sites excluding steroid dienone is 10. The van der Waals surface area contributed by atoms with Crippen LogP contribution in [0.5, 0.6) is 0 Å². The molecular weight excluding hydrogens is 1010 g/mol. The van der Waals surface area contributed by atoms with Gasteiger partial charge in [0, 0.05) is 19.4 Å². The van der Waals surface area contributed by atoms with Crippen molar-refractivity contribution in [3.63, 3.8) is 0 Å². The van der Waals surface area contributed by atoms with Crippen LogP contribution >= 0.6 is 7.82 Å². The van der Waals surface area contributed by atoms with E-state index in [2.05, 4.69) is 74.6 Å². The van der Waals surface area contributed by atoms with Gasteiger partial charge in [-0.05, 0) is 57.8 Å². The first kappa shape index (κ1) is 77.7. The lowest BCUT2D eigenvalue weighted by molar-refractivity contribution is -0.161. The first-order valence-corrected chi connectivity index (χ1v) is 35.8. The average Bonchev–Trinajstić information content (AvgIpc) is 3.45. The highest BCUT2D eigenvalue weighted by Gasteiger charge is 2.26. The molecule has 0 aliphatic carbocycles. The zero-order valence-electron chi connectivity index (χ0n) is 52.6. The Morgan fingerprint density at radius 3 is 1.02 bits per heavy atom. The van der Waals surface area contributed by atoms with Crippen molar-refractivity contribution < 1.29 is 37.6 Å². The fourth-order valence-corrected chi connectivity index (χ4v) is 10.9. The monoisotopic (exact) mass is 1140 g/mol. The third-order valence-electron chi connectivity index (χ3n) is 15.2. The van der Waals surface area contributed by atoms with E-state index >= 15 is 0 Å². The Hall–Kier alpha value is -2.29. The Balaban J connectivity index is 3.83. The normalized spacial score (nSPS) is 13.3. The van der Waals surface area contributed by atoms with Crippen LogP contribution in [0.25, 0.3) is 0 Å². The lowest BCUT2D eigenvalue weighted by atomic mass is 10.0. The molecule has 0 amide bonds. The summed E-state index contributed by atoms with van der Waals surface area (Å²) in [6.45, 7) is 3.70. The van der Waals surface area contributed by atoms with E-state index in [9.17, 15) is 19.0 Å². The summed E-state index contributed by atoms with van der Waals surface area (Å²) in [6, 6.07) is 0. The molecule has 468 valence electrons. The Kier molecular flexibility index (Phi) is 64.0. The zero-order chi connectivity index (χ0) is 58.0. The van der Waals surface area contributed by atoms with Gasteiger partial charge < -0.3 is 20.1 Å². The Morgan fingerprint density at radius 1 is 0.388 bits per heavy atom. The van der Waals surface area contributed by atoms with Crippen LogP contribution in [-0.4, -0.2) is 49.3 Å². The van der Waals surface area contributed by atoms with E-state index in [1.165, 1.54) is 244 Å². The molecule has 0 aromatic rings. The van der Waals surface area contributed by atoms with Crippen LogP contribution in [0.15, 0.2) is 60.8 Å². The van der Waals surface area contributed by atoms with Gasteiger partial charge in [-0.25, -0.2) is 4.57 Å². The highest BCUT2D eigenvalue weighted by Crippen LogP contribution is 2.43.